The normalized spacial score (nSPS) is 29.1. The summed E-state index contributed by atoms with van der Waals surface area (Å²) in [4.78, 5) is 4.23. The van der Waals surface area contributed by atoms with Crippen molar-refractivity contribution in [3.63, 3.8) is 0 Å². The first-order valence-corrected chi connectivity index (χ1v) is 11.0. The fraction of sp³-hybridized carbons (Fsp3) is 0.941. The average Bonchev–Trinajstić information content (AvgIpc) is 2.43. The minimum absolute atomic E-state index is 0.0812. The van der Waals surface area contributed by atoms with Crippen LogP contribution in [-0.4, -0.2) is 46.3 Å². The SMILES string of the molecule is CN=C(NCCS(=O)(=O)NCC1CCC1)NC1CC(C)CC(C)C1. The number of aliphatic imine (C=N–C) groups is 1. The number of nitrogens with zero attached hydrogens (tertiary/aromatic N) is 1. The molecule has 24 heavy (non-hydrogen) atoms. The predicted octanol–water partition coefficient (Wildman–Crippen LogP) is 1.70. The maximum absolute atomic E-state index is 12.0. The van der Waals surface area contributed by atoms with Crippen LogP contribution in [0.4, 0.5) is 0 Å². The van der Waals surface area contributed by atoms with Crippen LogP contribution in [0.15, 0.2) is 4.99 Å². The second kappa shape index (κ2) is 9.04. The quantitative estimate of drug-likeness (QED) is 0.478. The number of guanidine groups is 1. The zero-order valence-electron chi connectivity index (χ0n) is 15.3. The number of sulfonamides is 1. The van der Waals surface area contributed by atoms with E-state index in [0.717, 1.165) is 37.5 Å². The molecule has 2 saturated carbocycles. The highest BCUT2D eigenvalue weighted by atomic mass is 32.2. The lowest BCUT2D eigenvalue weighted by molar-refractivity contribution is 0.255. The number of rotatable bonds is 7. The molecule has 2 aliphatic rings. The first kappa shape index (κ1) is 19.5. The molecule has 0 aromatic carbocycles. The third kappa shape index (κ3) is 6.59. The molecule has 0 aromatic heterocycles. The summed E-state index contributed by atoms with van der Waals surface area (Å²) in [5.74, 6) is 2.77. The molecule has 0 radical (unpaired) electrons. The van der Waals surface area contributed by atoms with Gasteiger partial charge in [-0.05, 0) is 49.9 Å². The van der Waals surface area contributed by atoms with Crippen molar-refractivity contribution < 1.29 is 8.42 Å². The van der Waals surface area contributed by atoms with Crippen molar-refractivity contribution in [3.05, 3.63) is 0 Å². The van der Waals surface area contributed by atoms with Gasteiger partial charge in [0.2, 0.25) is 10.0 Å². The maximum atomic E-state index is 12.0. The summed E-state index contributed by atoms with van der Waals surface area (Å²) in [6.07, 6.45) is 7.10. The van der Waals surface area contributed by atoms with Gasteiger partial charge < -0.3 is 10.6 Å². The third-order valence-corrected chi connectivity index (χ3v) is 6.57. The molecule has 0 aromatic rings. The Morgan fingerprint density at radius 3 is 2.33 bits per heavy atom. The van der Waals surface area contributed by atoms with E-state index in [9.17, 15) is 8.42 Å². The summed E-state index contributed by atoms with van der Waals surface area (Å²) in [5, 5.41) is 6.58. The molecule has 0 spiro atoms. The van der Waals surface area contributed by atoms with E-state index in [-0.39, 0.29) is 5.75 Å². The van der Waals surface area contributed by atoms with Crippen LogP contribution in [0, 0.1) is 17.8 Å². The summed E-state index contributed by atoms with van der Waals surface area (Å²) in [5.41, 5.74) is 0. The molecule has 2 aliphatic carbocycles. The molecule has 0 aliphatic heterocycles. The first-order chi connectivity index (χ1) is 11.4. The average molecular weight is 359 g/mol. The van der Waals surface area contributed by atoms with Gasteiger partial charge in [-0.25, -0.2) is 13.1 Å². The van der Waals surface area contributed by atoms with E-state index in [1.165, 1.54) is 12.8 Å². The van der Waals surface area contributed by atoms with Gasteiger partial charge in [0.1, 0.15) is 0 Å². The minimum Gasteiger partial charge on any atom is -0.355 e. The van der Waals surface area contributed by atoms with Crippen molar-refractivity contribution in [1.82, 2.24) is 15.4 Å². The highest BCUT2D eigenvalue weighted by Crippen LogP contribution is 2.28. The fourth-order valence-corrected chi connectivity index (χ4v) is 4.78. The fourth-order valence-electron chi connectivity index (χ4n) is 3.77. The lowest BCUT2D eigenvalue weighted by Crippen LogP contribution is -2.47. The van der Waals surface area contributed by atoms with Crippen molar-refractivity contribution in [3.8, 4) is 0 Å². The van der Waals surface area contributed by atoms with Crippen molar-refractivity contribution in [2.75, 3.05) is 25.9 Å². The van der Waals surface area contributed by atoms with Crippen molar-refractivity contribution in [1.29, 1.82) is 0 Å². The molecular formula is C17H34N4O2S. The van der Waals surface area contributed by atoms with Gasteiger partial charge in [-0.2, -0.15) is 0 Å². The lowest BCUT2D eigenvalue weighted by atomic mass is 9.80. The Labute approximate surface area is 147 Å². The van der Waals surface area contributed by atoms with Crippen molar-refractivity contribution >= 4 is 16.0 Å². The van der Waals surface area contributed by atoms with Crippen LogP contribution in [0.5, 0.6) is 0 Å². The topological polar surface area (TPSA) is 82.6 Å². The van der Waals surface area contributed by atoms with Crippen LogP contribution in [0.2, 0.25) is 0 Å². The summed E-state index contributed by atoms with van der Waals surface area (Å²) in [6, 6.07) is 0.420. The van der Waals surface area contributed by atoms with Crippen LogP contribution in [0.25, 0.3) is 0 Å². The smallest absolute Gasteiger partial charge is 0.213 e. The van der Waals surface area contributed by atoms with Gasteiger partial charge in [0, 0.05) is 26.2 Å². The van der Waals surface area contributed by atoms with Gasteiger partial charge in [0.15, 0.2) is 5.96 Å². The largest absolute Gasteiger partial charge is 0.355 e. The molecule has 0 saturated heterocycles. The van der Waals surface area contributed by atoms with E-state index < -0.39 is 10.0 Å². The molecule has 6 nitrogen and oxygen atoms in total. The zero-order valence-corrected chi connectivity index (χ0v) is 16.2. The molecule has 0 heterocycles. The lowest BCUT2D eigenvalue weighted by Gasteiger charge is -2.32. The molecule has 2 fully saturated rings. The first-order valence-electron chi connectivity index (χ1n) is 9.32. The van der Waals surface area contributed by atoms with Crippen molar-refractivity contribution in [2.45, 2.75) is 58.4 Å². The van der Waals surface area contributed by atoms with Gasteiger partial charge in [-0.3, -0.25) is 4.99 Å². The highest BCUT2D eigenvalue weighted by molar-refractivity contribution is 7.89. The summed E-state index contributed by atoms with van der Waals surface area (Å²) in [6.45, 7) is 5.55. The van der Waals surface area contributed by atoms with E-state index in [4.69, 9.17) is 0 Å². The van der Waals surface area contributed by atoms with Gasteiger partial charge in [-0.1, -0.05) is 20.3 Å². The molecule has 2 atom stereocenters. The van der Waals surface area contributed by atoms with E-state index in [0.29, 0.717) is 31.0 Å². The second-order valence-electron chi connectivity index (χ2n) is 7.72. The minimum atomic E-state index is -3.20. The summed E-state index contributed by atoms with van der Waals surface area (Å²) in [7, 11) is -1.47. The molecule has 2 unspecified atom stereocenters. The second-order valence-corrected chi connectivity index (χ2v) is 9.65. The Kier molecular flexibility index (Phi) is 7.34. The van der Waals surface area contributed by atoms with E-state index in [2.05, 4.69) is 34.2 Å². The predicted molar refractivity (Wildman–Crippen MR) is 99.6 cm³/mol. The van der Waals surface area contributed by atoms with Gasteiger partial charge in [0.05, 0.1) is 5.75 Å². The number of nitrogens with one attached hydrogen (secondary N) is 3. The molecule has 0 bridgehead atoms. The van der Waals surface area contributed by atoms with Gasteiger partial charge >= 0.3 is 0 Å². The van der Waals surface area contributed by atoms with Crippen molar-refractivity contribution in [2.24, 2.45) is 22.7 Å². The van der Waals surface area contributed by atoms with E-state index >= 15 is 0 Å². The van der Waals surface area contributed by atoms with Crippen LogP contribution < -0.4 is 15.4 Å². The van der Waals surface area contributed by atoms with Crippen LogP contribution >= 0.6 is 0 Å². The standard InChI is InChI=1S/C17H34N4O2S/c1-13-9-14(2)11-16(10-13)21-17(18-3)19-7-8-24(22,23)20-12-15-5-4-6-15/h13-16,20H,4-12H2,1-3H3,(H2,18,19,21). The van der Waals surface area contributed by atoms with E-state index in [1.54, 1.807) is 7.05 Å². The maximum Gasteiger partial charge on any atom is 0.213 e. The monoisotopic (exact) mass is 358 g/mol. The Hall–Kier alpha value is -0.820. The molecule has 2 rings (SSSR count). The Balaban J connectivity index is 1.68. The van der Waals surface area contributed by atoms with Crippen LogP contribution in [-0.2, 0) is 10.0 Å². The number of hydrogen-bond acceptors (Lipinski definition) is 3. The van der Waals surface area contributed by atoms with E-state index in [1.807, 2.05) is 0 Å². The van der Waals surface area contributed by atoms with Gasteiger partial charge in [-0.15, -0.1) is 0 Å². The van der Waals surface area contributed by atoms with Gasteiger partial charge in [0.25, 0.3) is 0 Å². The number of hydrogen-bond donors (Lipinski definition) is 3. The molecule has 140 valence electrons. The third-order valence-electron chi connectivity index (χ3n) is 5.22. The Morgan fingerprint density at radius 1 is 1.12 bits per heavy atom. The Morgan fingerprint density at radius 2 is 1.79 bits per heavy atom. The summed E-state index contributed by atoms with van der Waals surface area (Å²) >= 11 is 0. The molecule has 0 amide bonds. The zero-order chi connectivity index (χ0) is 17.6. The van der Waals surface area contributed by atoms with Crippen LogP contribution in [0.3, 0.4) is 0 Å². The molecule has 3 N–H and O–H groups in total. The Bertz CT molecular complexity index is 507. The molecular weight excluding hydrogens is 324 g/mol. The highest BCUT2D eigenvalue weighted by Gasteiger charge is 2.24. The molecule has 7 heteroatoms. The summed E-state index contributed by atoms with van der Waals surface area (Å²) < 4.78 is 26.7. The van der Waals surface area contributed by atoms with Crippen LogP contribution in [0.1, 0.15) is 52.4 Å².